The minimum Gasteiger partial charge on any atom is -0.510 e. The van der Waals surface area contributed by atoms with E-state index in [0.717, 1.165) is 33.9 Å². The monoisotopic (exact) mass is 1000 g/mol. The van der Waals surface area contributed by atoms with Crippen LogP contribution in [0.5, 0.6) is 11.5 Å². The van der Waals surface area contributed by atoms with E-state index >= 15 is 0 Å². The number of pyridine rings is 1. The largest absolute Gasteiger partial charge is 2.00 e. The predicted molar refractivity (Wildman–Crippen MR) is 250 cm³/mol. The predicted octanol–water partition coefficient (Wildman–Crippen LogP) is 14.6. The zero-order chi connectivity index (χ0) is 42.8. The molecule has 1 aromatic heterocycles. The molecule has 0 N–H and O–H groups in total. The SMILES string of the molecule is Cc1cc(C)c(-c2cc(Oc3[c-]c4c(cc3C)C(C)(C)c3cc(C)ccc3N4c3cc(C(C)(C)C)ccn3)[c-]c(C3=N[C@H](C4CCCCC4)[C@@H](c4ccccc4)O3)c2)c(C)c1.[Pt+2]. The fraction of sp³-hybridized carbons (Fsp3) is 0.357. The van der Waals surface area contributed by atoms with Gasteiger partial charge < -0.3 is 14.4 Å². The second-order valence-corrected chi connectivity index (χ2v) is 19.5. The Hall–Kier alpha value is -4.99. The van der Waals surface area contributed by atoms with Crippen molar-refractivity contribution in [1.82, 2.24) is 4.98 Å². The third-order valence-electron chi connectivity index (χ3n) is 13.3. The number of hydrogen-bond donors (Lipinski definition) is 0. The molecule has 5 aromatic carbocycles. The Balaban J connectivity index is 0.00000529. The maximum absolute atomic E-state index is 7.06. The molecule has 3 heterocycles. The van der Waals surface area contributed by atoms with Gasteiger partial charge in [0, 0.05) is 23.4 Å². The molecule has 0 radical (unpaired) electrons. The summed E-state index contributed by atoms with van der Waals surface area (Å²) in [6, 6.07) is 40.4. The van der Waals surface area contributed by atoms with E-state index in [9.17, 15) is 0 Å². The summed E-state index contributed by atoms with van der Waals surface area (Å²) >= 11 is 0. The van der Waals surface area contributed by atoms with Gasteiger partial charge in [0.15, 0.2) is 0 Å². The van der Waals surface area contributed by atoms with Crippen molar-refractivity contribution in [2.24, 2.45) is 10.9 Å². The molecule has 2 atom stereocenters. The molecule has 0 bridgehead atoms. The zero-order valence-electron chi connectivity index (χ0n) is 38.0. The molecule has 320 valence electrons. The van der Waals surface area contributed by atoms with Gasteiger partial charge in [0.1, 0.15) is 17.8 Å². The van der Waals surface area contributed by atoms with E-state index in [0.29, 0.717) is 23.3 Å². The average Bonchev–Trinajstić information content (AvgIpc) is 3.68. The number of anilines is 3. The second-order valence-electron chi connectivity index (χ2n) is 19.5. The van der Waals surface area contributed by atoms with Crippen LogP contribution in [0.25, 0.3) is 11.1 Å². The van der Waals surface area contributed by atoms with Gasteiger partial charge in [-0.25, -0.2) is 4.98 Å². The molecule has 6 aromatic rings. The van der Waals surface area contributed by atoms with E-state index in [4.69, 9.17) is 19.5 Å². The van der Waals surface area contributed by atoms with E-state index in [2.05, 4.69) is 177 Å². The Morgan fingerprint density at radius 3 is 2.19 bits per heavy atom. The number of fused-ring (bicyclic) bond motifs is 2. The summed E-state index contributed by atoms with van der Waals surface area (Å²) in [5.41, 5.74) is 15.5. The summed E-state index contributed by atoms with van der Waals surface area (Å²) in [7, 11) is 0. The van der Waals surface area contributed by atoms with Crippen LogP contribution in [0, 0.1) is 52.7 Å². The van der Waals surface area contributed by atoms with E-state index in [1.807, 2.05) is 6.20 Å². The van der Waals surface area contributed by atoms with Crippen LogP contribution in [0.2, 0.25) is 0 Å². The van der Waals surface area contributed by atoms with E-state index in [1.54, 1.807) is 0 Å². The number of nitrogens with zero attached hydrogens (tertiary/aromatic N) is 3. The molecular weight excluding hydrogens is 942 g/mol. The number of rotatable bonds is 7. The third kappa shape index (κ3) is 8.19. The van der Waals surface area contributed by atoms with Crippen LogP contribution in [0.4, 0.5) is 17.2 Å². The van der Waals surface area contributed by atoms with Crippen LogP contribution in [0.1, 0.15) is 128 Å². The first-order valence-electron chi connectivity index (χ1n) is 22.2. The third-order valence-corrected chi connectivity index (χ3v) is 13.3. The Kier molecular flexibility index (Phi) is 11.9. The van der Waals surface area contributed by atoms with Crippen molar-refractivity contribution in [2.45, 2.75) is 124 Å². The molecule has 0 unspecified atom stereocenters. The Morgan fingerprint density at radius 1 is 0.758 bits per heavy atom. The first-order valence-corrected chi connectivity index (χ1v) is 22.2. The first-order chi connectivity index (χ1) is 29.2. The molecule has 1 saturated carbocycles. The van der Waals surface area contributed by atoms with Crippen LogP contribution in [0.15, 0.2) is 102 Å². The molecule has 9 rings (SSSR count). The maximum Gasteiger partial charge on any atom is 2.00 e. The summed E-state index contributed by atoms with van der Waals surface area (Å²) in [6.07, 6.45) is 7.92. The summed E-state index contributed by atoms with van der Waals surface area (Å²) in [5.74, 6) is 3.22. The number of aromatic nitrogens is 1. The number of aliphatic imine (C=N–C) groups is 1. The molecule has 0 amide bonds. The fourth-order valence-electron chi connectivity index (χ4n) is 10.1. The average molecular weight is 1000 g/mol. The van der Waals surface area contributed by atoms with Gasteiger partial charge >= 0.3 is 21.1 Å². The van der Waals surface area contributed by atoms with Crippen LogP contribution in [-0.4, -0.2) is 16.9 Å². The van der Waals surface area contributed by atoms with E-state index < -0.39 is 0 Å². The minimum absolute atomic E-state index is 0. The molecule has 6 heteroatoms. The Labute approximate surface area is 384 Å². The fourth-order valence-corrected chi connectivity index (χ4v) is 10.1. The molecule has 0 spiro atoms. The van der Waals surface area contributed by atoms with E-state index in [-0.39, 0.29) is 44.0 Å². The van der Waals surface area contributed by atoms with E-state index in [1.165, 1.54) is 82.2 Å². The first kappa shape index (κ1) is 43.6. The van der Waals surface area contributed by atoms with Crippen LogP contribution >= 0.6 is 0 Å². The molecule has 1 aliphatic carbocycles. The molecule has 3 aliphatic rings. The number of aryl methyl sites for hydroxylation is 5. The zero-order valence-corrected chi connectivity index (χ0v) is 40.3. The molecule has 1 fully saturated rings. The van der Waals surface area contributed by atoms with Crippen molar-refractivity contribution in [2.75, 3.05) is 4.90 Å². The van der Waals surface area contributed by atoms with Gasteiger partial charge in [-0.15, -0.1) is 23.3 Å². The maximum atomic E-state index is 7.06. The van der Waals surface area contributed by atoms with Gasteiger partial charge in [0.2, 0.25) is 0 Å². The minimum atomic E-state index is -0.295. The Bertz CT molecular complexity index is 2650. The number of benzene rings is 5. The van der Waals surface area contributed by atoms with Gasteiger partial charge in [0.05, 0.1) is 6.04 Å². The molecular formula is C56H59N3O2Pt. The molecule has 2 aliphatic heterocycles. The second kappa shape index (κ2) is 16.9. The van der Waals surface area contributed by atoms with Crippen molar-refractivity contribution < 1.29 is 30.5 Å². The summed E-state index contributed by atoms with van der Waals surface area (Å²) in [5, 5.41) is 0. The number of ether oxygens (including phenoxy) is 2. The van der Waals surface area contributed by atoms with Gasteiger partial charge in [-0.2, -0.15) is 6.07 Å². The van der Waals surface area contributed by atoms with Gasteiger partial charge in [0.25, 0.3) is 0 Å². The summed E-state index contributed by atoms with van der Waals surface area (Å²) in [6.45, 7) is 22.2. The van der Waals surface area contributed by atoms with Crippen LogP contribution in [-0.2, 0) is 36.6 Å². The van der Waals surface area contributed by atoms with Gasteiger partial charge in [-0.3, -0.25) is 4.99 Å². The quantitative estimate of drug-likeness (QED) is 0.150. The smallest absolute Gasteiger partial charge is 0.510 e. The standard InChI is InChI=1S/C56H59N3O2.Pt/c1-34-21-22-47-45(27-34)56(9,10)46-28-36(3)49(33-48(46)59(47)50-32-43(23-24-57-50)55(6,7)8)60-44-30-41(51-37(4)25-35(2)26-38(51)5)29-42(31-44)54-58-52(39-17-13-11-14-18-39)53(61-54)40-19-15-12-16-20-40;/h12,15-16,19-30,32,39,52-53H,11,13-14,17-18H2,1-10H3;/q-2;+2/t52-,53-;/m1./s1. The van der Waals surface area contributed by atoms with Crippen molar-refractivity contribution >= 4 is 23.1 Å². The van der Waals surface area contributed by atoms with Crippen molar-refractivity contribution in [3.8, 4) is 22.6 Å². The van der Waals surface area contributed by atoms with Gasteiger partial charge in [-0.1, -0.05) is 155 Å². The molecule has 5 nitrogen and oxygen atoms in total. The molecule has 0 saturated heterocycles. The van der Waals surface area contributed by atoms with Crippen LogP contribution in [0.3, 0.4) is 0 Å². The van der Waals surface area contributed by atoms with Crippen molar-refractivity contribution in [1.29, 1.82) is 0 Å². The molecule has 62 heavy (non-hydrogen) atoms. The van der Waals surface area contributed by atoms with Crippen LogP contribution < -0.4 is 9.64 Å². The van der Waals surface area contributed by atoms with Gasteiger partial charge in [-0.05, 0) is 109 Å². The topological polar surface area (TPSA) is 47.0 Å². The van der Waals surface area contributed by atoms with Crippen molar-refractivity contribution in [3.63, 3.8) is 0 Å². The summed E-state index contributed by atoms with van der Waals surface area (Å²) < 4.78 is 14.0. The van der Waals surface area contributed by atoms with Crippen molar-refractivity contribution in [3.05, 3.63) is 165 Å². The Morgan fingerprint density at radius 2 is 1.48 bits per heavy atom. The normalized spacial score (nSPS) is 18.3. The number of hydrogen-bond acceptors (Lipinski definition) is 5. The summed E-state index contributed by atoms with van der Waals surface area (Å²) in [4.78, 5) is 12.7.